The molecule has 0 heterocycles. The number of hydrogen-bond donors (Lipinski definition) is 1. The number of nitrogens with one attached hydrogen (secondary N) is 1. The van der Waals surface area contributed by atoms with Crippen molar-refractivity contribution in [1.82, 2.24) is 5.32 Å². The summed E-state index contributed by atoms with van der Waals surface area (Å²) in [4.78, 5) is 12.0. The quantitative estimate of drug-likeness (QED) is 0.892. The van der Waals surface area contributed by atoms with Crippen molar-refractivity contribution in [3.8, 4) is 6.07 Å². The van der Waals surface area contributed by atoms with Crippen LogP contribution in [0.5, 0.6) is 0 Å². The van der Waals surface area contributed by atoms with Crippen molar-refractivity contribution in [2.24, 2.45) is 11.8 Å². The maximum Gasteiger partial charge on any atom is 0.237 e. The van der Waals surface area contributed by atoms with Crippen LogP contribution in [-0.4, -0.2) is 12.5 Å². The number of nitrogens with zero attached hydrogens (tertiary/aromatic N) is 1. The molecule has 1 N–H and O–H groups in total. The Bertz CT molecular complexity index is 517. The average molecular weight is 337 g/mol. The van der Waals surface area contributed by atoms with Crippen LogP contribution in [0.3, 0.4) is 0 Å². The number of benzene rings is 1. The number of carbonyl (C=O) groups is 1. The molecule has 4 heteroatoms. The highest BCUT2D eigenvalue weighted by atomic mass is 79.9. The van der Waals surface area contributed by atoms with Crippen LogP contribution in [0.1, 0.15) is 33.3 Å². The summed E-state index contributed by atoms with van der Waals surface area (Å²) in [5.74, 6) is -0.757. The van der Waals surface area contributed by atoms with E-state index in [0.717, 1.165) is 10.0 Å². The maximum absolute atomic E-state index is 12.0. The molecule has 108 valence electrons. The van der Waals surface area contributed by atoms with Gasteiger partial charge >= 0.3 is 0 Å². The van der Waals surface area contributed by atoms with E-state index in [9.17, 15) is 4.79 Å². The number of halogens is 1. The van der Waals surface area contributed by atoms with Gasteiger partial charge in [-0.3, -0.25) is 4.79 Å². The number of nitriles is 1. The van der Waals surface area contributed by atoms with Crippen molar-refractivity contribution in [3.63, 3.8) is 0 Å². The summed E-state index contributed by atoms with van der Waals surface area (Å²) in [5, 5.41) is 11.9. The Labute approximate surface area is 129 Å². The van der Waals surface area contributed by atoms with Gasteiger partial charge in [0.05, 0.1) is 6.07 Å². The molecule has 1 aromatic rings. The highest BCUT2D eigenvalue weighted by Gasteiger charge is 2.26. The zero-order chi connectivity index (χ0) is 15.3. The Balaban J connectivity index is 2.73. The van der Waals surface area contributed by atoms with Crippen LogP contribution < -0.4 is 5.32 Å². The van der Waals surface area contributed by atoms with Crippen molar-refractivity contribution in [1.29, 1.82) is 5.26 Å². The third-order valence-corrected chi connectivity index (χ3v) is 3.89. The van der Waals surface area contributed by atoms with Crippen LogP contribution in [0.4, 0.5) is 0 Å². The molecule has 0 aromatic heterocycles. The summed E-state index contributed by atoms with van der Waals surface area (Å²) in [6, 6.07) is 10.1. The number of rotatable bonds is 5. The lowest BCUT2D eigenvalue weighted by Crippen LogP contribution is -2.40. The topological polar surface area (TPSA) is 52.9 Å². The van der Waals surface area contributed by atoms with Crippen LogP contribution in [0, 0.1) is 23.2 Å². The first kappa shape index (κ1) is 16.7. The van der Waals surface area contributed by atoms with E-state index in [4.69, 9.17) is 5.26 Å². The van der Waals surface area contributed by atoms with Crippen molar-refractivity contribution >= 4 is 21.8 Å². The molecule has 0 spiro atoms. The summed E-state index contributed by atoms with van der Waals surface area (Å²) in [6.45, 7) is 8.42. The summed E-state index contributed by atoms with van der Waals surface area (Å²) in [6.07, 6.45) is 0. The first-order valence-corrected chi connectivity index (χ1v) is 7.50. The van der Waals surface area contributed by atoms with Gasteiger partial charge in [0.15, 0.2) is 0 Å². The molecular weight excluding hydrogens is 316 g/mol. The fraction of sp³-hybridized carbons (Fsp3) is 0.500. The molecule has 0 aliphatic heterocycles. The normalized spacial score (nSPS) is 12.8. The SMILES string of the molecule is CC(C)C(C#N)C(=O)NCC(C)(C)c1cccc(Br)c1. The number of hydrogen-bond acceptors (Lipinski definition) is 2. The van der Waals surface area contributed by atoms with Gasteiger partial charge in [0.25, 0.3) is 0 Å². The molecule has 0 bridgehead atoms. The van der Waals surface area contributed by atoms with E-state index in [0.29, 0.717) is 6.54 Å². The van der Waals surface area contributed by atoms with E-state index >= 15 is 0 Å². The van der Waals surface area contributed by atoms with E-state index in [2.05, 4.69) is 47.2 Å². The van der Waals surface area contributed by atoms with Crippen LogP contribution in [0.25, 0.3) is 0 Å². The molecule has 20 heavy (non-hydrogen) atoms. The van der Waals surface area contributed by atoms with E-state index < -0.39 is 5.92 Å². The van der Waals surface area contributed by atoms with Crippen LogP contribution in [0.15, 0.2) is 28.7 Å². The molecule has 0 saturated carbocycles. The lowest BCUT2D eigenvalue weighted by atomic mass is 9.84. The summed E-state index contributed by atoms with van der Waals surface area (Å²) < 4.78 is 1.02. The predicted octanol–water partition coefficient (Wildman–Crippen LogP) is 3.64. The van der Waals surface area contributed by atoms with Crippen molar-refractivity contribution in [2.75, 3.05) is 6.54 Å². The van der Waals surface area contributed by atoms with Crippen molar-refractivity contribution in [3.05, 3.63) is 34.3 Å². The Hall–Kier alpha value is -1.34. The lowest BCUT2D eigenvalue weighted by Gasteiger charge is -2.26. The standard InChI is InChI=1S/C16H21BrN2O/c1-11(2)14(9-18)15(20)19-10-16(3,4)12-6-5-7-13(17)8-12/h5-8,11,14H,10H2,1-4H3,(H,19,20). The molecule has 1 aromatic carbocycles. The first-order valence-electron chi connectivity index (χ1n) is 6.71. The Morgan fingerprint density at radius 1 is 1.45 bits per heavy atom. The minimum absolute atomic E-state index is 0.0222. The second kappa shape index (κ2) is 6.90. The molecule has 0 radical (unpaired) electrons. The summed E-state index contributed by atoms with van der Waals surface area (Å²) in [7, 11) is 0. The lowest BCUT2D eigenvalue weighted by molar-refractivity contribution is -0.124. The Morgan fingerprint density at radius 2 is 2.10 bits per heavy atom. The van der Waals surface area contributed by atoms with Gasteiger partial charge in [0.2, 0.25) is 5.91 Å². The van der Waals surface area contributed by atoms with E-state index in [-0.39, 0.29) is 17.2 Å². The Kier molecular flexibility index (Phi) is 5.76. The second-order valence-corrected chi connectivity index (χ2v) is 6.88. The van der Waals surface area contributed by atoms with Crippen LogP contribution >= 0.6 is 15.9 Å². The molecule has 0 aliphatic carbocycles. The van der Waals surface area contributed by atoms with Gasteiger partial charge in [-0.1, -0.05) is 55.8 Å². The Morgan fingerprint density at radius 3 is 2.60 bits per heavy atom. The van der Waals surface area contributed by atoms with Crippen molar-refractivity contribution in [2.45, 2.75) is 33.1 Å². The van der Waals surface area contributed by atoms with Crippen LogP contribution in [-0.2, 0) is 10.2 Å². The van der Waals surface area contributed by atoms with Gasteiger partial charge < -0.3 is 5.32 Å². The van der Waals surface area contributed by atoms with Crippen LogP contribution in [0.2, 0.25) is 0 Å². The largest absolute Gasteiger partial charge is 0.354 e. The van der Waals surface area contributed by atoms with Gasteiger partial charge in [0, 0.05) is 16.4 Å². The number of amides is 1. The fourth-order valence-corrected chi connectivity index (χ4v) is 2.34. The summed E-state index contributed by atoms with van der Waals surface area (Å²) >= 11 is 3.46. The number of carbonyl (C=O) groups excluding carboxylic acids is 1. The third-order valence-electron chi connectivity index (χ3n) is 3.40. The molecule has 0 fully saturated rings. The molecule has 0 aliphatic rings. The van der Waals surface area contributed by atoms with Gasteiger partial charge in [-0.15, -0.1) is 0 Å². The van der Waals surface area contributed by atoms with E-state index in [1.165, 1.54) is 0 Å². The fourth-order valence-electron chi connectivity index (χ4n) is 1.94. The molecule has 1 atom stereocenters. The third kappa shape index (κ3) is 4.35. The summed E-state index contributed by atoms with van der Waals surface area (Å²) in [5.41, 5.74) is 0.960. The van der Waals surface area contributed by atoms with E-state index in [1.807, 2.05) is 32.0 Å². The minimum atomic E-state index is -0.590. The highest BCUT2D eigenvalue weighted by molar-refractivity contribution is 9.10. The van der Waals surface area contributed by atoms with Gasteiger partial charge in [-0.2, -0.15) is 5.26 Å². The smallest absolute Gasteiger partial charge is 0.237 e. The molecule has 1 amide bonds. The molecule has 1 rings (SSSR count). The zero-order valence-electron chi connectivity index (χ0n) is 12.4. The van der Waals surface area contributed by atoms with E-state index in [1.54, 1.807) is 0 Å². The molecule has 3 nitrogen and oxygen atoms in total. The second-order valence-electron chi connectivity index (χ2n) is 5.96. The van der Waals surface area contributed by atoms with Crippen molar-refractivity contribution < 1.29 is 4.79 Å². The minimum Gasteiger partial charge on any atom is -0.354 e. The average Bonchev–Trinajstić information content (AvgIpc) is 2.37. The van der Waals surface area contributed by atoms with Gasteiger partial charge in [-0.25, -0.2) is 0 Å². The van der Waals surface area contributed by atoms with Gasteiger partial charge in [0.1, 0.15) is 5.92 Å². The monoisotopic (exact) mass is 336 g/mol. The molecule has 1 unspecified atom stereocenters. The maximum atomic E-state index is 12.0. The first-order chi connectivity index (χ1) is 9.27. The molecular formula is C16H21BrN2O. The highest BCUT2D eigenvalue weighted by Crippen LogP contribution is 2.25. The predicted molar refractivity (Wildman–Crippen MR) is 84.1 cm³/mol. The zero-order valence-corrected chi connectivity index (χ0v) is 14.0. The van der Waals surface area contributed by atoms with Gasteiger partial charge in [-0.05, 0) is 23.6 Å². The molecule has 0 saturated heterocycles.